The molecule has 0 bridgehead atoms. The average Bonchev–Trinajstić information content (AvgIpc) is 2.86. The van der Waals surface area contributed by atoms with Gasteiger partial charge in [0.05, 0.1) is 6.04 Å². The van der Waals surface area contributed by atoms with Crippen LogP contribution in [0.3, 0.4) is 0 Å². The lowest BCUT2D eigenvalue weighted by atomic mass is 9.93. The Balaban J connectivity index is 1.81. The van der Waals surface area contributed by atoms with Crippen molar-refractivity contribution in [2.45, 2.75) is 45.6 Å². The third-order valence-electron chi connectivity index (χ3n) is 4.35. The minimum atomic E-state index is 0.0940. The van der Waals surface area contributed by atoms with E-state index in [0.717, 1.165) is 25.4 Å². The van der Waals surface area contributed by atoms with Crippen molar-refractivity contribution in [2.75, 3.05) is 13.1 Å². The van der Waals surface area contributed by atoms with Gasteiger partial charge in [0.15, 0.2) is 0 Å². The van der Waals surface area contributed by atoms with Crippen LogP contribution < -0.4 is 10.6 Å². The topological polar surface area (TPSA) is 41.1 Å². The maximum atomic E-state index is 12.0. The van der Waals surface area contributed by atoms with Crippen molar-refractivity contribution in [3.05, 3.63) is 0 Å². The Morgan fingerprint density at radius 2 is 2.31 bits per heavy atom. The van der Waals surface area contributed by atoms with E-state index in [1.54, 1.807) is 0 Å². The molecule has 2 fully saturated rings. The van der Waals surface area contributed by atoms with Gasteiger partial charge in [0.25, 0.3) is 0 Å². The monoisotopic (exact) mass is 224 g/mol. The Labute approximate surface area is 98.4 Å². The van der Waals surface area contributed by atoms with Crippen LogP contribution in [0.4, 0.5) is 0 Å². The molecule has 2 rings (SSSR count). The molecule has 1 aliphatic heterocycles. The predicted octanol–water partition coefficient (Wildman–Crippen LogP) is 1.54. The zero-order chi connectivity index (χ0) is 11.5. The van der Waals surface area contributed by atoms with Crippen LogP contribution in [-0.2, 0) is 4.79 Å². The summed E-state index contributed by atoms with van der Waals surface area (Å²) in [5.74, 6) is 2.19. The van der Waals surface area contributed by atoms with Crippen molar-refractivity contribution in [1.82, 2.24) is 10.6 Å². The van der Waals surface area contributed by atoms with Crippen molar-refractivity contribution in [2.24, 2.45) is 17.8 Å². The van der Waals surface area contributed by atoms with Gasteiger partial charge in [0, 0.05) is 6.54 Å². The van der Waals surface area contributed by atoms with E-state index in [1.807, 2.05) is 0 Å². The van der Waals surface area contributed by atoms with Crippen LogP contribution in [0, 0.1) is 17.8 Å². The predicted molar refractivity (Wildman–Crippen MR) is 65.1 cm³/mol. The van der Waals surface area contributed by atoms with E-state index in [2.05, 4.69) is 24.5 Å². The van der Waals surface area contributed by atoms with Crippen LogP contribution in [0.1, 0.15) is 39.5 Å². The standard InChI is InChI=1S/C13H24N2O/c1-3-9(2)7-15-13(16)12-11-6-4-5-10(11)8-14-12/h9-12,14H,3-8H2,1-2H3,(H,15,16). The number of rotatable bonds is 4. The molecule has 1 aliphatic carbocycles. The maximum absolute atomic E-state index is 12.0. The number of hydrogen-bond acceptors (Lipinski definition) is 2. The summed E-state index contributed by atoms with van der Waals surface area (Å²) < 4.78 is 0. The number of carbonyl (C=O) groups is 1. The molecule has 0 radical (unpaired) electrons. The number of nitrogens with one attached hydrogen (secondary N) is 2. The summed E-state index contributed by atoms with van der Waals surface area (Å²) in [6.07, 6.45) is 4.99. The zero-order valence-corrected chi connectivity index (χ0v) is 10.5. The molecule has 3 nitrogen and oxygen atoms in total. The van der Waals surface area contributed by atoms with E-state index >= 15 is 0 Å². The normalized spacial score (nSPS) is 34.8. The molecular weight excluding hydrogens is 200 g/mol. The average molecular weight is 224 g/mol. The fourth-order valence-electron chi connectivity index (χ4n) is 3.00. The smallest absolute Gasteiger partial charge is 0.237 e. The van der Waals surface area contributed by atoms with Crippen molar-refractivity contribution < 1.29 is 4.79 Å². The molecule has 0 aromatic rings. The molecule has 92 valence electrons. The lowest BCUT2D eigenvalue weighted by Gasteiger charge is -2.19. The van der Waals surface area contributed by atoms with Gasteiger partial charge in [-0.25, -0.2) is 0 Å². The molecule has 1 saturated heterocycles. The zero-order valence-electron chi connectivity index (χ0n) is 10.5. The van der Waals surface area contributed by atoms with E-state index in [1.165, 1.54) is 19.3 Å². The van der Waals surface area contributed by atoms with Crippen LogP contribution in [0.5, 0.6) is 0 Å². The molecule has 1 heterocycles. The summed E-state index contributed by atoms with van der Waals surface area (Å²) >= 11 is 0. The van der Waals surface area contributed by atoms with Crippen LogP contribution in [0.25, 0.3) is 0 Å². The first-order chi connectivity index (χ1) is 7.72. The van der Waals surface area contributed by atoms with Crippen molar-refractivity contribution in [3.63, 3.8) is 0 Å². The van der Waals surface area contributed by atoms with Gasteiger partial charge >= 0.3 is 0 Å². The van der Waals surface area contributed by atoms with Crippen LogP contribution in [0.15, 0.2) is 0 Å². The molecule has 0 aromatic heterocycles. The number of fused-ring (bicyclic) bond motifs is 1. The third kappa shape index (κ3) is 2.40. The second-order valence-corrected chi connectivity index (χ2v) is 5.50. The first-order valence-electron chi connectivity index (χ1n) is 6.73. The van der Waals surface area contributed by atoms with Gasteiger partial charge in [-0.3, -0.25) is 4.79 Å². The first kappa shape index (κ1) is 11.9. The molecule has 1 amide bonds. The van der Waals surface area contributed by atoms with E-state index in [0.29, 0.717) is 11.8 Å². The highest BCUT2D eigenvalue weighted by Gasteiger charge is 2.42. The van der Waals surface area contributed by atoms with Crippen LogP contribution >= 0.6 is 0 Å². The summed E-state index contributed by atoms with van der Waals surface area (Å²) in [6.45, 7) is 6.22. The highest BCUT2D eigenvalue weighted by atomic mass is 16.2. The van der Waals surface area contributed by atoms with Gasteiger partial charge in [0.2, 0.25) is 5.91 Å². The molecule has 0 aromatic carbocycles. The van der Waals surface area contributed by atoms with Gasteiger partial charge < -0.3 is 10.6 Å². The Kier molecular flexibility index (Phi) is 3.85. The van der Waals surface area contributed by atoms with E-state index in [-0.39, 0.29) is 11.9 Å². The third-order valence-corrected chi connectivity index (χ3v) is 4.35. The second kappa shape index (κ2) is 5.17. The second-order valence-electron chi connectivity index (χ2n) is 5.50. The highest BCUT2D eigenvalue weighted by Crippen LogP contribution is 2.37. The fraction of sp³-hybridized carbons (Fsp3) is 0.923. The van der Waals surface area contributed by atoms with Crippen LogP contribution in [-0.4, -0.2) is 25.0 Å². The van der Waals surface area contributed by atoms with E-state index in [4.69, 9.17) is 0 Å². The summed E-state index contributed by atoms with van der Waals surface area (Å²) in [5.41, 5.74) is 0. The molecule has 3 heteroatoms. The van der Waals surface area contributed by atoms with Crippen molar-refractivity contribution in [1.29, 1.82) is 0 Å². The molecule has 4 atom stereocenters. The van der Waals surface area contributed by atoms with Gasteiger partial charge in [-0.2, -0.15) is 0 Å². The number of carbonyl (C=O) groups excluding carboxylic acids is 1. The summed E-state index contributed by atoms with van der Waals surface area (Å²) in [4.78, 5) is 12.0. The summed E-state index contributed by atoms with van der Waals surface area (Å²) in [7, 11) is 0. The largest absolute Gasteiger partial charge is 0.354 e. The van der Waals surface area contributed by atoms with E-state index < -0.39 is 0 Å². The maximum Gasteiger partial charge on any atom is 0.237 e. The Morgan fingerprint density at radius 3 is 3.06 bits per heavy atom. The highest BCUT2D eigenvalue weighted by molar-refractivity contribution is 5.82. The van der Waals surface area contributed by atoms with Gasteiger partial charge in [-0.05, 0) is 37.1 Å². The lowest BCUT2D eigenvalue weighted by Crippen LogP contribution is -2.45. The minimum absolute atomic E-state index is 0.0940. The molecule has 16 heavy (non-hydrogen) atoms. The van der Waals surface area contributed by atoms with Crippen LogP contribution in [0.2, 0.25) is 0 Å². The van der Waals surface area contributed by atoms with Crippen molar-refractivity contribution in [3.8, 4) is 0 Å². The quantitative estimate of drug-likeness (QED) is 0.760. The Bertz CT molecular complexity index is 254. The van der Waals surface area contributed by atoms with Crippen molar-refractivity contribution >= 4 is 5.91 Å². The Morgan fingerprint density at radius 1 is 1.50 bits per heavy atom. The Hall–Kier alpha value is -0.570. The SMILES string of the molecule is CCC(C)CNC(=O)C1NCC2CCCC21. The van der Waals surface area contributed by atoms with Gasteiger partial charge in [-0.15, -0.1) is 0 Å². The molecular formula is C13H24N2O. The minimum Gasteiger partial charge on any atom is -0.354 e. The summed E-state index contributed by atoms with van der Waals surface area (Å²) in [6, 6.07) is 0.0940. The fourth-order valence-corrected chi connectivity index (χ4v) is 3.00. The molecule has 4 unspecified atom stereocenters. The molecule has 1 saturated carbocycles. The first-order valence-corrected chi connectivity index (χ1v) is 6.73. The number of hydrogen-bond donors (Lipinski definition) is 2. The van der Waals surface area contributed by atoms with Gasteiger partial charge in [-0.1, -0.05) is 26.7 Å². The lowest BCUT2D eigenvalue weighted by molar-refractivity contribution is -0.123. The molecule has 2 N–H and O–H groups in total. The van der Waals surface area contributed by atoms with Gasteiger partial charge in [0.1, 0.15) is 0 Å². The molecule has 2 aliphatic rings. The molecule has 0 spiro atoms. The van der Waals surface area contributed by atoms with E-state index in [9.17, 15) is 4.79 Å². The summed E-state index contributed by atoms with van der Waals surface area (Å²) in [5, 5.41) is 6.47. The number of amides is 1.